The molecule has 0 bridgehead atoms. The van der Waals surface area contributed by atoms with Gasteiger partial charge in [0.2, 0.25) is 0 Å². The zero-order valence-electron chi connectivity index (χ0n) is 12.0. The number of ether oxygens (including phenoxy) is 1. The Hall–Kier alpha value is -1.84. The lowest BCUT2D eigenvalue weighted by molar-refractivity contribution is 0.142. The maximum Gasteiger partial charge on any atom is 0.118 e. The molecule has 106 valence electrons. The van der Waals surface area contributed by atoms with E-state index in [0.717, 1.165) is 17.9 Å². The highest BCUT2D eigenvalue weighted by atomic mass is 16.5. The summed E-state index contributed by atoms with van der Waals surface area (Å²) in [5, 5.41) is 9.68. The number of hydrogen-bond donors (Lipinski definition) is 1. The van der Waals surface area contributed by atoms with E-state index < -0.39 is 0 Å². The first kappa shape index (κ1) is 14.6. The van der Waals surface area contributed by atoms with E-state index in [-0.39, 0.29) is 12.6 Å². The minimum atomic E-state index is -0.0129. The molecule has 0 aliphatic carbocycles. The standard InChI is InChI=1S/C17H21NO2/c1-18(12-14-6-4-3-5-7-14)17(13-19)15-8-10-16(20-2)11-9-15/h3-11,17,19H,12-13H2,1-2H3. The molecule has 20 heavy (non-hydrogen) atoms. The number of aliphatic hydroxyl groups excluding tert-OH is 1. The van der Waals surface area contributed by atoms with Crippen LogP contribution >= 0.6 is 0 Å². The largest absolute Gasteiger partial charge is 0.497 e. The highest BCUT2D eigenvalue weighted by Gasteiger charge is 2.16. The molecule has 0 aliphatic rings. The molecule has 0 radical (unpaired) electrons. The van der Waals surface area contributed by atoms with E-state index in [4.69, 9.17) is 4.74 Å². The third kappa shape index (κ3) is 3.59. The zero-order valence-corrected chi connectivity index (χ0v) is 12.0. The van der Waals surface area contributed by atoms with Crippen molar-refractivity contribution in [3.63, 3.8) is 0 Å². The van der Waals surface area contributed by atoms with Gasteiger partial charge in [0.25, 0.3) is 0 Å². The first-order valence-corrected chi connectivity index (χ1v) is 6.73. The quantitative estimate of drug-likeness (QED) is 0.877. The number of rotatable bonds is 6. The Kier molecular flexibility index (Phi) is 5.16. The Morgan fingerprint density at radius 3 is 2.25 bits per heavy atom. The molecule has 1 N–H and O–H groups in total. The molecule has 2 rings (SSSR count). The monoisotopic (exact) mass is 271 g/mol. The van der Waals surface area contributed by atoms with Gasteiger partial charge in [0.1, 0.15) is 5.75 Å². The fourth-order valence-electron chi connectivity index (χ4n) is 2.31. The Morgan fingerprint density at radius 1 is 1.05 bits per heavy atom. The predicted molar refractivity (Wildman–Crippen MR) is 80.7 cm³/mol. The molecule has 0 saturated carbocycles. The van der Waals surface area contributed by atoms with Crippen molar-refractivity contribution >= 4 is 0 Å². The number of likely N-dealkylation sites (N-methyl/N-ethyl adjacent to an activating group) is 1. The Balaban J connectivity index is 2.10. The summed E-state index contributed by atoms with van der Waals surface area (Å²) in [6, 6.07) is 18.1. The van der Waals surface area contributed by atoms with Gasteiger partial charge in [-0.15, -0.1) is 0 Å². The second-order valence-electron chi connectivity index (χ2n) is 4.87. The SMILES string of the molecule is COc1ccc(C(CO)N(C)Cc2ccccc2)cc1. The van der Waals surface area contributed by atoms with Crippen LogP contribution < -0.4 is 4.74 Å². The third-order valence-electron chi connectivity index (χ3n) is 3.48. The summed E-state index contributed by atoms with van der Waals surface area (Å²) in [5.74, 6) is 0.830. The van der Waals surface area contributed by atoms with Crippen molar-refractivity contribution in [3.8, 4) is 5.75 Å². The topological polar surface area (TPSA) is 32.7 Å². The average Bonchev–Trinajstić information content (AvgIpc) is 2.49. The normalized spacial score (nSPS) is 12.4. The summed E-state index contributed by atoms with van der Waals surface area (Å²) in [5.41, 5.74) is 2.33. The van der Waals surface area contributed by atoms with Gasteiger partial charge < -0.3 is 9.84 Å². The van der Waals surface area contributed by atoms with Crippen molar-refractivity contribution in [2.24, 2.45) is 0 Å². The molecule has 2 aromatic rings. The lowest BCUT2D eigenvalue weighted by Crippen LogP contribution is -2.26. The first-order valence-electron chi connectivity index (χ1n) is 6.73. The summed E-state index contributed by atoms with van der Waals surface area (Å²) in [6.07, 6.45) is 0. The fourth-order valence-corrected chi connectivity index (χ4v) is 2.31. The Labute approximate surface area is 120 Å². The maximum absolute atomic E-state index is 9.68. The van der Waals surface area contributed by atoms with Gasteiger partial charge in [-0.2, -0.15) is 0 Å². The van der Waals surface area contributed by atoms with Crippen LogP contribution in [0.15, 0.2) is 54.6 Å². The molecule has 2 aromatic carbocycles. The molecular formula is C17H21NO2. The van der Waals surface area contributed by atoms with Crippen molar-refractivity contribution in [3.05, 3.63) is 65.7 Å². The molecule has 0 fully saturated rings. The van der Waals surface area contributed by atoms with Gasteiger partial charge in [-0.05, 0) is 30.3 Å². The predicted octanol–water partition coefficient (Wildman–Crippen LogP) is 2.86. The molecule has 0 saturated heterocycles. The number of methoxy groups -OCH3 is 1. The van der Waals surface area contributed by atoms with Gasteiger partial charge in [-0.25, -0.2) is 0 Å². The van der Waals surface area contributed by atoms with Crippen LogP contribution in [0.4, 0.5) is 0 Å². The molecule has 0 heterocycles. The molecule has 1 atom stereocenters. The van der Waals surface area contributed by atoms with Crippen molar-refractivity contribution in [2.45, 2.75) is 12.6 Å². The van der Waals surface area contributed by atoms with E-state index in [0.29, 0.717) is 0 Å². The van der Waals surface area contributed by atoms with E-state index in [2.05, 4.69) is 17.0 Å². The molecular weight excluding hydrogens is 250 g/mol. The minimum Gasteiger partial charge on any atom is -0.497 e. The first-order chi connectivity index (χ1) is 9.74. The lowest BCUT2D eigenvalue weighted by Gasteiger charge is -2.27. The molecule has 1 unspecified atom stereocenters. The van der Waals surface area contributed by atoms with Gasteiger partial charge in [-0.3, -0.25) is 4.90 Å². The highest BCUT2D eigenvalue weighted by Crippen LogP contribution is 2.23. The summed E-state index contributed by atoms with van der Waals surface area (Å²) in [4.78, 5) is 2.15. The second-order valence-corrected chi connectivity index (χ2v) is 4.87. The van der Waals surface area contributed by atoms with Crippen molar-refractivity contribution < 1.29 is 9.84 Å². The molecule has 0 spiro atoms. The molecule has 0 aliphatic heterocycles. The number of hydrogen-bond acceptors (Lipinski definition) is 3. The summed E-state index contributed by atoms with van der Waals surface area (Å²) < 4.78 is 5.16. The van der Waals surface area contributed by atoms with E-state index >= 15 is 0 Å². The van der Waals surface area contributed by atoms with Crippen LogP contribution in [0.1, 0.15) is 17.2 Å². The van der Waals surface area contributed by atoms with E-state index in [1.165, 1.54) is 5.56 Å². The van der Waals surface area contributed by atoms with Gasteiger partial charge in [0.05, 0.1) is 19.8 Å². The van der Waals surface area contributed by atoms with E-state index in [9.17, 15) is 5.11 Å². The van der Waals surface area contributed by atoms with Crippen LogP contribution in [0.5, 0.6) is 5.75 Å². The highest BCUT2D eigenvalue weighted by molar-refractivity contribution is 5.29. The molecule has 0 aromatic heterocycles. The van der Waals surface area contributed by atoms with Crippen molar-refractivity contribution in [1.29, 1.82) is 0 Å². The van der Waals surface area contributed by atoms with E-state index in [1.54, 1.807) is 7.11 Å². The van der Waals surface area contributed by atoms with Crippen LogP contribution in [0, 0.1) is 0 Å². The average molecular weight is 271 g/mol. The number of benzene rings is 2. The number of nitrogens with zero attached hydrogens (tertiary/aromatic N) is 1. The van der Waals surface area contributed by atoms with Gasteiger partial charge >= 0.3 is 0 Å². The van der Waals surface area contributed by atoms with Crippen molar-refractivity contribution in [1.82, 2.24) is 4.90 Å². The van der Waals surface area contributed by atoms with Crippen LogP contribution in [0.2, 0.25) is 0 Å². The minimum absolute atomic E-state index is 0.0129. The van der Waals surface area contributed by atoms with Crippen LogP contribution in [0.25, 0.3) is 0 Å². The molecule has 0 amide bonds. The molecule has 3 nitrogen and oxygen atoms in total. The Morgan fingerprint density at radius 2 is 1.70 bits per heavy atom. The summed E-state index contributed by atoms with van der Waals surface area (Å²) >= 11 is 0. The Bertz CT molecular complexity index is 510. The smallest absolute Gasteiger partial charge is 0.118 e. The van der Waals surface area contributed by atoms with E-state index in [1.807, 2.05) is 49.5 Å². The lowest BCUT2D eigenvalue weighted by atomic mass is 10.1. The third-order valence-corrected chi connectivity index (χ3v) is 3.48. The number of aliphatic hydroxyl groups is 1. The second kappa shape index (κ2) is 7.08. The summed E-state index contributed by atoms with van der Waals surface area (Å²) in [6.45, 7) is 0.897. The maximum atomic E-state index is 9.68. The van der Waals surface area contributed by atoms with Gasteiger partial charge in [0, 0.05) is 6.54 Å². The zero-order chi connectivity index (χ0) is 14.4. The van der Waals surface area contributed by atoms with Crippen molar-refractivity contribution in [2.75, 3.05) is 20.8 Å². The summed E-state index contributed by atoms with van der Waals surface area (Å²) in [7, 11) is 3.68. The van der Waals surface area contributed by atoms with Gasteiger partial charge in [-0.1, -0.05) is 42.5 Å². The van der Waals surface area contributed by atoms with Crippen LogP contribution in [-0.2, 0) is 6.54 Å². The molecule has 3 heteroatoms. The van der Waals surface area contributed by atoms with Gasteiger partial charge in [0.15, 0.2) is 0 Å². The fraction of sp³-hybridized carbons (Fsp3) is 0.294. The van der Waals surface area contributed by atoms with Crippen LogP contribution in [0.3, 0.4) is 0 Å². The van der Waals surface area contributed by atoms with Crippen LogP contribution in [-0.4, -0.2) is 30.8 Å².